The molecule has 0 aliphatic rings. The van der Waals surface area contributed by atoms with E-state index in [9.17, 15) is 20.0 Å². The molecule has 2 aromatic rings. The molecule has 2 aromatic carbocycles. The number of hydrogen-bond donors (Lipinski definition) is 4. The predicted octanol–water partition coefficient (Wildman–Crippen LogP) is 2.88. The average molecular weight is 387 g/mol. The molecule has 0 atom stereocenters. The first-order valence-electron chi connectivity index (χ1n) is 6.40. The molecule has 0 radical (unpaired) electrons. The Morgan fingerprint density at radius 2 is 1.72 bits per heavy atom. The first-order chi connectivity index (χ1) is 11.6. The van der Waals surface area contributed by atoms with Gasteiger partial charge in [0.25, 0.3) is 11.6 Å². The minimum Gasteiger partial charge on any atom is -0.507 e. The summed E-state index contributed by atoms with van der Waals surface area (Å²) in [6.45, 7) is 0. The highest BCUT2D eigenvalue weighted by Gasteiger charge is 2.15. The number of carbonyl (C=O) groups excluding carboxylic acids is 2. The Kier molecular flexibility index (Phi) is 6.97. The van der Waals surface area contributed by atoms with Gasteiger partial charge in [0.2, 0.25) is 0 Å². The molecule has 2 rings (SSSR count). The van der Waals surface area contributed by atoms with Crippen LogP contribution < -0.4 is 16.8 Å². The maximum atomic E-state index is 12.0. The summed E-state index contributed by atoms with van der Waals surface area (Å²) in [5.41, 5.74) is 8.46. The van der Waals surface area contributed by atoms with Crippen molar-refractivity contribution in [2.75, 3.05) is 5.32 Å². The van der Waals surface area contributed by atoms with E-state index < -0.39 is 16.9 Å². The fourth-order valence-electron chi connectivity index (χ4n) is 1.60. The second-order valence-electron chi connectivity index (χ2n) is 4.44. The lowest BCUT2D eigenvalue weighted by molar-refractivity contribution is -0.384. The van der Waals surface area contributed by atoms with Gasteiger partial charge < -0.3 is 21.9 Å². The number of nitrogens with two attached hydrogens (primary N) is 2. The number of carbonyl (C=O) groups is 2. The maximum absolute atomic E-state index is 12.0. The van der Waals surface area contributed by atoms with Crippen LogP contribution in [0.2, 0.25) is 10.0 Å². The third kappa shape index (κ3) is 6.16. The molecule has 3 amide bonds. The molecule has 0 aliphatic heterocycles. The zero-order valence-corrected chi connectivity index (χ0v) is 13.9. The van der Waals surface area contributed by atoms with E-state index in [-0.39, 0.29) is 32.7 Å². The van der Waals surface area contributed by atoms with Crippen molar-refractivity contribution in [1.82, 2.24) is 0 Å². The zero-order valence-electron chi connectivity index (χ0n) is 12.4. The van der Waals surface area contributed by atoms with Gasteiger partial charge in [-0.2, -0.15) is 0 Å². The molecule has 0 heterocycles. The number of hydrogen-bond acceptors (Lipinski definition) is 5. The summed E-state index contributed by atoms with van der Waals surface area (Å²) in [6.07, 6.45) is 0. The van der Waals surface area contributed by atoms with Crippen LogP contribution >= 0.6 is 23.2 Å². The Labute approximate surface area is 151 Å². The van der Waals surface area contributed by atoms with E-state index >= 15 is 0 Å². The fourth-order valence-corrected chi connectivity index (χ4v) is 1.99. The minimum atomic E-state index is -0.833. The highest BCUT2D eigenvalue weighted by atomic mass is 35.5. The van der Waals surface area contributed by atoms with Crippen LogP contribution in [0, 0.1) is 10.1 Å². The fraction of sp³-hybridized carbons (Fsp3) is 0. The molecule has 9 nitrogen and oxygen atoms in total. The molecule has 11 heteroatoms. The van der Waals surface area contributed by atoms with Gasteiger partial charge in [-0.05, 0) is 24.3 Å². The van der Waals surface area contributed by atoms with E-state index in [0.29, 0.717) is 0 Å². The van der Waals surface area contributed by atoms with Crippen molar-refractivity contribution in [3.05, 3.63) is 62.1 Å². The van der Waals surface area contributed by atoms with Crippen molar-refractivity contribution < 1.29 is 19.6 Å². The lowest BCUT2D eigenvalue weighted by Gasteiger charge is -2.08. The Bertz CT molecular complexity index is 825. The van der Waals surface area contributed by atoms with Crippen LogP contribution in [0.3, 0.4) is 0 Å². The Hall–Kier alpha value is -3.04. The van der Waals surface area contributed by atoms with Gasteiger partial charge in [-0.1, -0.05) is 23.2 Å². The van der Waals surface area contributed by atoms with Gasteiger partial charge in [-0.3, -0.25) is 14.9 Å². The number of rotatable bonds is 3. The number of halogens is 2. The van der Waals surface area contributed by atoms with Gasteiger partial charge in [0.1, 0.15) is 5.75 Å². The average Bonchev–Trinajstić information content (AvgIpc) is 2.50. The van der Waals surface area contributed by atoms with Crippen molar-refractivity contribution in [1.29, 1.82) is 0 Å². The number of primary amides is 2. The lowest BCUT2D eigenvalue weighted by Crippen LogP contribution is -2.18. The van der Waals surface area contributed by atoms with E-state index in [1.807, 2.05) is 0 Å². The molecule has 0 spiro atoms. The van der Waals surface area contributed by atoms with Crippen LogP contribution in [0.5, 0.6) is 5.75 Å². The van der Waals surface area contributed by atoms with Gasteiger partial charge in [-0.25, -0.2) is 4.79 Å². The summed E-state index contributed by atoms with van der Waals surface area (Å²) in [7, 11) is 0. The van der Waals surface area contributed by atoms with Crippen molar-refractivity contribution in [2.24, 2.45) is 11.5 Å². The minimum absolute atomic E-state index is 0.0130. The number of amides is 3. The van der Waals surface area contributed by atoms with Crippen LogP contribution in [-0.2, 0) is 0 Å². The summed E-state index contributed by atoms with van der Waals surface area (Å²) in [5.74, 6) is -0.874. The standard InChI is InChI=1S/C13H8Cl2N2O4.CH4N2O/c14-7-1-4-12(18)9(5-7)13(19)16-11-3-2-8(17(20)21)6-10(11)15;2-1(3)4/h1-6,18H,(H,16,19);(H4,2,3,4). The van der Waals surface area contributed by atoms with Gasteiger partial charge in [-0.15, -0.1) is 0 Å². The number of benzene rings is 2. The summed E-state index contributed by atoms with van der Waals surface area (Å²) >= 11 is 11.6. The van der Waals surface area contributed by atoms with Crippen LogP contribution in [-0.4, -0.2) is 22.0 Å². The zero-order chi connectivity index (χ0) is 19.1. The van der Waals surface area contributed by atoms with Crippen LogP contribution in [0.4, 0.5) is 16.2 Å². The first-order valence-corrected chi connectivity index (χ1v) is 7.16. The van der Waals surface area contributed by atoms with Crippen molar-refractivity contribution >= 4 is 46.5 Å². The largest absolute Gasteiger partial charge is 0.507 e. The second kappa shape index (κ2) is 8.71. The number of nitro groups is 1. The summed E-state index contributed by atoms with van der Waals surface area (Å²) in [4.78, 5) is 31.0. The Morgan fingerprint density at radius 1 is 1.12 bits per heavy atom. The molecule has 132 valence electrons. The monoisotopic (exact) mass is 386 g/mol. The third-order valence-corrected chi connectivity index (χ3v) is 3.16. The van der Waals surface area contributed by atoms with Crippen LogP contribution in [0.1, 0.15) is 10.4 Å². The van der Waals surface area contributed by atoms with Crippen molar-refractivity contribution in [2.45, 2.75) is 0 Å². The number of nitro benzene ring substituents is 1. The number of nitrogens with zero attached hydrogens (tertiary/aromatic N) is 1. The SMILES string of the molecule is NC(N)=O.O=C(Nc1ccc([N+](=O)[O-])cc1Cl)c1cc(Cl)ccc1O. The highest BCUT2D eigenvalue weighted by molar-refractivity contribution is 6.34. The Balaban J connectivity index is 0.000000705. The normalized spacial score (nSPS) is 9.52. The molecule has 25 heavy (non-hydrogen) atoms. The molecule has 0 aliphatic carbocycles. The predicted molar refractivity (Wildman–Crippen MR) is 92.9 cm³/mol. The van der Waals surface area contributed by atoms with Gasteiger partial charge in [0, 0.05) is 17.2 Å². The van der Waals surface area contributed by atoms with E-state index in [1.54, 1.807) is 0 Å². The quantitative estimate of drug-likeness (QED) is 0.469. The highest BCUT2D eigenvalue weighted by Crippen LogP contribution is 2.28. The second-order valence-corrected chi connectivity index (χ2v) is 5.28. The molecule has 0 aromatic heterocycles. The van der Waals surface area contributed by atoms with E-state index in [1.165, 1.54) is 30.3 Å². The molecule has 0 saturated carbocycles. The summed E-state index contributed by atoms with van der Waals surface area (Å²) in [5, 5.41) is 23.0. The summed E-state index contributed by atoms with van der Waals surface area (Å²) < 4.78 is 0. The molecule has 0 saturated heterocycles. The molecular formula is C14H12Cl2N4O5. The molecule has 0 unspecified atom stereocenters. The number of anilines is 1. The molecular weight excluding hydrogens is 375 g/mol. The van der Waals surface area contributed by atoms with Crippen molar-refractivity contribution in [3.63, 3.8) is 0 Å². The molecule has 6 N–H and O–H groups in total. The van der Waals surface area contributed by atoms with Crippen LogP contribution in [0.15, 0.2) is 36.4 Å². The van der Waals surface area contributed by atoms with Crippen LogP contribution in [0.25, 0.3) is 0 Å². The topological polar surface area (TPSA) is 162 Å². The number of urea groups is 1. The van der Waals surface area contributed by atoms with Gasteiger partial charge in [0.15, 0.2) is 0 Å². The number of aromatic hydroxyl groups is 1. The van der Waals surface area contributed by atoms with Gasteiger partial charge >= 0.3 is 6.03 Å². The number of non-ortho nitro benzene ring substituents is 1. The number of phenols is 1. The third-order valence-electron chi connectivity index (χ3n) is 2.61. The Morgan fingerprint density at radius 3 is 2.24 bits per heavy atom. The molecule has 0 bridgehead atoms. The lowest BCUT2D eigenvalue weighted by atomic mass is 10.2. The van der Waals surface area contributed by atoms with Gasteiger partial charge in [0.05, 0.1) is 21.2 Å². The number of nitrogens with one attached hydrogen (secondary N) is 1. The van der Waals surface area contributed by atoms with Crippen molar-refractivity contribution in [3.8, 4) is 5.75 Å². The number of phenolic OH excluding ortho intramolecular Hbond substituents is 1. The summed E-state index contributed by atoms with van der Waals surface area (Å²) in [6, 6.07) is 6.82. The first kappa shape index (κ1) is 20.0. The van der Waals surface area contributed by atoms with E-state index in [0.717, 1.165) is 6.07 Å². The van der Waals surface area contributed by atoms with E-state index in [2.05, 4.69) is 16.8 Å². The maximum Gasteiger partial charge on any atom is 0.309 e. The van der Waals surface area contributed by atoms with E-state index in [4.69, 9.17) is 28.0 Å². The molecule has 0 fully saturated rings. The smallest absolute Gasteiger partial charge is 0.309 e.